The van der Waals surface area contributed by atoms with Gasteiger partial charge in [-0.25, -0.2) is 0 Å². The fourth-order valence-electron chi connectivity index (χ4n) is 2.53. The van der Waals surface area contributed by atoms with Crippen LogP contribution >= 0.6 is 0 Å². The fourth-order valence-corrected chi connectivity index (χ4v) is 2.53. The third-order valence-corrected chi connectivity index (χ3v) is 3.62. The van der Waals surface area contributed by atoms with E-state index in [4.69, 9.17) is 4.74 Å². The topological polar surface area (TPSA) is 34.5 Å². The zero-order valence-electron chi connectivity index (χ0n) is 13.1. The van der Waals surface area contributed by atoms with E-state index in [1.165, 1.54) is 16.6 Å². The van der Waals surface area contributed by atoms with Gasteiger partial charge in [-0.3, -0.25) is 9.69 Å². The summed E-state index contributed by atoms with van der Waals surface area (Å²) >= 11 is 0. The third-order valence-electron chi connectivity index (χ3n) is 3.62. The number of fused-ring (bicyclic) bond motifs is 1. The highest BCUT2D eigenvalue weighted by molar-refractivity contribution is 5.79. The molecule has 1 aromatic heterocycles. The van der Waals surface area contributed by atoms with Crippen molar-refractivity contribution < 1.29 is 17.9 Å². The van der Waals surface area contributed by atoms with Gasteiger partial charge in [-0.2, -0.15) is 13.2 Å². The lowest BCUT2D eigenvalue weighted by atomic mass is 10.1. The summed E-state index contributed by atoms with van der Waals surface area (Å²) in [5.74, 6) is 0. The van der Waals surface area contributed by atoms with E-state index in [-0.39, 0.29) is 25.3 Å². The second-order valence-electron chi connectivity index (χ2n) is 5.41. The van der Waals surface area contributed by atoms with Crippen molar-refractivity contribution in [3.05, 3.63) is 46.2 Å². The zero-order valence-corrected chi connectivity index (χ0v) is 13.1. The third kappa shape index (κ3) is 4.56. The lowest BCUT2D eigenvalue weighted by Crippen LogP contribution is -2.38. The Labute approximate surface area is 132 Å². The second kappa shape index (κ2) is 7.14. The van der Waals surface area contributed by atoms with Crippen molar-refractivity contribution >= 4 is 10.9 Å². The molecule has 2 rings (SSSR count). The molecule has 0 spiro atoms. The lowest BCUT2D eigenvalue weighted by molar-refractivity contribution is -0.148. The number of pyridine rings is 1. The van der Waals surface area contributed by atoms with E-state index in [1.54, 1.807) is 19.2 Å². The molecule has 0 radical (unpaired) electrons. The molecule has 0 unspecified atom stereocenters. The van der Waals surface area contributed by atoms with Gasteiger partial charge in [0.25, 0.3) is 5.56 Å². The van der Waals surface area contributed by atoms with Crippen LogP contribution in [0.1, 0.15) is 5.56 Å². The Kier molecular flexibility index (Phi) is 5.43. The minimum atomic E-state index is -4.32. The van der Waals surface area contributed by atoms with E-state index >= 15 is 0 Å². The molecule has 0 saturated heterocycles. The summed E-state index contributed by atoms with van der Waals surface area (Å²) in [6.45, 7) is -0.872. The SMILES string of the molecule is COCCN(Cc1cc2ccccc2n(C)c1=O)CC(F)(F)F. The van der Waals surface area contributed by atoms with Gasteiger partial charge >= 0.3 is 6.18 Å². The number of rotatable bonds is 6. The number of aryl methyl sites for hydroxylation is 1. The van der Waals surface area contributed by atoms with Crippen LogP contribution in [0.2, 0.25) is 0 Å². The maximum Gasteiger partial charge on any atom is 0.401 e. The fraction of sp³-hybridized carbons (Fsp3) is 0.438. The average molecular weight is 328 g/mol. The van der Waals surface area contributed by atoms with Gasteiger partial charge in [-0.15, -0.1) is 0 Å². The Morgan fingerprint density at radius 3 is 2.61 bits per heavy atom. The Hall–Kier alpha value is -1.86. The van der Waals surface area contributed by atoms with Gasteiger partial charge in [0.1, 0.15) is 0 Å². The molecule has 1 heterocycles. The summed E-state index contributed by atoms with van der Waals surface area (Å²) in [6.07, 6.45) is -4.32. The van der Waals surface area contributed by atoms with Crippen molar-refractivity contribution in [3.8, 4) is 0 Å². The van der Waals surface area contributed by atoms with E-state index in [9.17, 15) is 18.0 Å². The van der Waals surface area contributed by atoms with Crippen LogP contribution in [0.5, 0.6) is 0 Å². The largest absolute Gasteiger partial charge is 0.401 e. The summed E-state index contributed by atoms with van der Waals surface area (Å²) in [5, 5.41) is 0.823. The van der Waals surface area contributed by atoms with Crippen molar-refractivity contribution in [2.75, 3.05) is 26.8 Å². The van der Waals surface area contributed by atoms with Crippen LogP contribution in [0.15, 0.2) is 35.1 Å². The highest BCUT2D eigenvalue weighted by atomic mass is 19.4. The molecule has 1 aromatic carbocycles. The number of nitrogens with zero attached hydrogens (tertiary/aromatic N) is 2. The Bertz CT molecular complexity index is 725. The Morgan fingerprint density at radius 1 is 1.26 bits per heavy atom. The number of hydrogen-bond acceptors (Lipinski definition) is 3. The number of methoxy groups -OCH3 is 1. The monoisotopic (exact) mass is 328 g/mol. The van der Waals surface area contributed by atoms with Crippen LogP contribution in [0, 0.1) is 0 Å². The predicted octanol–water partition coefficient (Wildman–Crippen LogP) is 2.55. The first kappa shape index (κ1) is 17.5. The maximum atomic E-state index is 12.7. The van der Waals surface area contributed by atoms with Gasteiger partial charge in [0.2, 0.25) is 0 Å². The molecule has 0 aliphatic carbocycles. The number of alkyl halides is 3. The Balaban J connectivity index is 2.33. The quantitative estimate of drug-likeness (QED) is 0.817. The molecule has 0 amide bonds. The number of hydrogen-bond donors (Lipinski definition) is 0. The minimum absolute atomic E-state index is 0.0691. The van der Waals surface area contributed by atoms with Crippen molar-refractivity contribution in [1.82, 2.24) is 9.47 Å². The van der Waals surface area contributed by atoms with Crippen molar-refractivity contribution in [2.45, 2.75) is 12.7 Å². The molecule has 126 valence electrons. The molecule has 0 saturated carbocycles. The van der Waals surface area contributed by atoms with E-state index in [0.717, 1.165) is 10.9 Å². The summed E-state index contributed by atoms with van der Waals surface area (Å²) < 4.78 is 44.4. The molecule has 0 fully saturated rings. The van der Waals surface area contributed by atoms with Crippen molar-refractivity contribution in [3.63, 3.8) is 0 Å². The highest BCUT2D eigenvalue weighted by Crippen LogP contribution is 2.18. The van der Waals surface area contributed by atoms with Gasteiger partial charge in [-0.05, 0) is 17.5 Å². The van der Waals surface area contributed by atoms with Crippen LogP contribution in [0.3, 0.4) is 0 Å². The zero-order chi connectivity index (χ0) is 17.0. The number of ether oxygens (including phenoxy) is 1. The van der Waals surface area contributed by atoms with Gasteiger partial charge in [0.05, 0.1) is 18.7 Å². The average Bonchev–Trinajstić information content (AvgIpc) is 2.48. The first-order valence-corrected chi connectivity index (χ1v) is 7.17. The van der Waals surface area contributed by atoms with E-state index in [1.807, 2.05) is 18.2 Å². The molecule has 0 aliphatic rings. The van der Waals surface area contributed by atoms with Crippen LogP contribution in [0.4, 0.5) is 13.2 Å². The van der Waals surface area contributed by atoms with Gasteiger partial charge in [-0.1, -0.05) is 18.2 Å². The molecular weight excluding hydrogens is 309 g/mol. The van der Waals surface area contributed by atoms with Crippen molar-refractivity contribution in [2.24, 2.45) is 7.05 Å². The van der Waals surface area contributed by atoms with E-state index in [2.05, 4.69) is 0 Å². The first-order valence-electron chi connectivity index (χ1n) is 7.17. The number of halogens is 3. The molecule has 7 heteroatoms. The smallest absolute Gasteiger partial charge is 0.383 e. The molecular formula is C16H19F3N2O2. The molecule has 23 heavy (non-hydrogen) atoms. The molecule has 0 N–H and O–H groups in total. The van der Waals surface area contributed by atoms with Crippen LogP contribution in [-0.4, -0.2) is 42.4 Å². The molecule has 2 aromatic rings. The van der Waals surface area contributed by atoms with E-state index < -0.39 is 12.7 Å². The van der Waals surface area contributed by atoms with Crippen LogP contribution in [0.25, 0.3) is 10.9 Å². The maximum absolute atomic E-state index is 12.7. The summed E-state index contributed by atoms with van der Waals surface area (Å²) in [7, 11) is 3.05. The summed E-state index contributed by atoms with van der Waals surface area (Å²) in [4.78, 5) is 13.6. The molecule has 0 atom stereocenters. The van der Waals surface area contributed by atoms with Gasteiger partial charge in [0.15, 0.2) is 0 Å². The summed E-state index contributed by atoms with van der Waals surface area (Å²) in [5.41, 5.74) is 0.806. The van der Waals surface area contributed by atoms with E-state index in [0.29, 0.717) is 5.56 Å². The Morgan fingerprint density at radius 2 is 1.96 bits per heavy atom. The first-order chi connectivity index (χ1) is 10.8. The molecule has 0 aliphatic heterocycles. The number of benzene rings is 1. The number of aromatic nitrogens is 1. The van der Waals surface area contributed by atoms with Crippen molar-refractivity contribution in [1.29, 1.82) is 0 Å². The van der Waals surface area contributed by atoms with Gasteiger partial charge < -0.3 is 9.30 Å². The van der Waals surface area contributed by atoms with Gasteiger partial charge in [0, 0.05) is 32.8 Å². The van der Waals surface area contributed by atoms with Crippen LogP contribution < -0.4 is 5.56 Å². The lowest BCUT2D eigenvalue weighted by Gasteiger charge is -2.23. The summed E-state index contributed by atoms with van der Waals surface area (Å²) in [6, 6.07) is 8.94. The standard InChI is InChI=1S/C16H19F3N2O2/c1-20-14-6-4-3-5-12(14)9-13(15(20)22)10-21(7-8-23-2)11-16(17,18)19/h3-6,9H,7-8,10-11H2,1-2H3. The van der Waals surface area contributed by atoms with Crippen LogP contribution in [-0.2, 0) is 18.3 Å². The highest BCUT2D eigenvalue weighted by Gasteiger charge is 2.30. The molecule has 4 nitrogen and oxygen atoms in total. The predicted molar refractivity (Wildman–Crippen MR) is 82.4 cm³/mol. The second-order valence-corrected chi connectivity index (χ2v) is 5.41. The normalized spacial score (nSPS) is 12.3. The molecule has 0 bridgehead atoms. The minimum Gasteiger partial charge on any atom is -0.383 e. The number of para-hydroxylation sites is 1.